The highest BCUT2D eigenvalue weighted by Crippen LogP contribution is 2.26. The Labute approximate surface area is 109 Å². The van der Waals surface area contributed by atoms with Crippen LogP contribution in [0.4, 0.5) is 19.3 Å². The Balaban J connectivity index is 2.02. The Kier molecular flexibility index (Phi) is 4.01. The van der Waals surface area contributed by atoms with Crippen LogP contribution in [-0.4, -0.2) is 12.1 Å². The molecular weight excluding hydrogens is 262 g/mol. The van der Waals surface area contributed by atoms with Gasteiger partial charge in [0.2, 0.25) is 0 Å². The molecular formula is C12H13ClF2N2O. The van der Waals surface area contributed by atoms with E-state index < -0.39 is 17.7 Å². The Morgan fingerprint density at radius 1 is 1.28 bits per heavy atom. The second-order valence-electron chi connectivity index (χ2n) is 4.32. The molecule has 0 bridgehead atoms. The molecule has 1 aliphatic rings. The summed E-state index contributed by atoms with van der Waals surface area (Å²) < 4.78 is 26.2. The highest BCUT2D eigenvalue weighted by atomic mass is 35.5. The standard InChI is InChI=1S/C12H13ClF2N2O/c13-9-5-7(14)6-10(15)11(9)17-12(18)16-8-3-1-2-4-8/h5-6,8H,1-4H2,(H2,16,17,18). The molecule has 1 aromatic carbocycles. The van der Waals surface area contributed by atoms with Crippen molar-refractivity contribution in [3.63, 3.8) is 0 Å². The third kappa shape index (κ3) is 3.10. The third-order valence-electron chi connectivity index (χ3n) is 2.94. The first-order chi connectivity index (χ1) is 8.56. The Morgan fingerprint density at radius 2 is 1.94 bits per heavy atom. The number of hydrogen-bond donors (Lipinski definition) is 2. The smallest absolute Gasteiger partial charge is 0.319 e. The van der Waals surface area contributed by atoms with Gasteiger partial charge in [-0.25, -0.2) is 13.6 Å². The summed E-state index contributed by atoms with van der Waals surface area (Å²) in [6, 6.07) is 1.23. The van der Waals surface area contributed by atoms with Crippen LogP contribution in [0.2, 0.25) is 5.02 Å². The van der Waals surface area contributed by atoms with Gasteiger partial charge in [0.15, 0.2) is 5.82 Å². The summed E-state index contributed by atoms with van der Waals surface area (Å²) in [6.45, 7) is 0. The summed E-state index contributed by atoms with van der Waals surface area (Å²) in [6.07, 6.45) is 4.01. The fourth-order valence-electron chi connectivity index (χ4n) is 2.07. The zero-order chi connectivity index (χ0) is 13.1. The molecule has 0 unspecified atom stereocenters. The van der Waals surface area contributed by atoms with Crippen molar-refractivity contribution in [2.24, 2.45) is 0 Å². The number of carbonyl (C=O) groups excluding carboxylic acids is 1. The molecule has 3 nitrogen and oxygen atoms in total. The predicted octanol–water partition coefficient (Wildman–Crippen LogP) is 3.68. The number of benzene rings is 1. The molecule has 0 heterocycles. The summed E-state index contributed by atoms with van der Waals surface area (Å²) in [5.74, 6) is -1.67. The molecule has 0 atom stereocenters. The van der Waals surface area contributed by atoms with Gasteiger partial charge in [-0.1, -0.05) is 24.4 Å². The molecule has 0 spiro atoms. The molecule has 0 aromatic heterocycles. The average molecular weight is 275 g/mol. The highest BCUT2D eigenvalue weighted by Gasteiger charge is 2.18. The lowest BCUT2D eigenvalue weighted by Gasteiger charge is -2.14. The summed E-state index contributed by atoms with van der Waals surface area (Å²) in [7, 11) is 0. The molecule has 2 rings (SSSR count). The van der Waals surface area contributed by atoms with Crippen LogP contribution < -0.4 is 10.6 Å². The number of amides is 2. The van der Waals surface area contributed by atoms with Crippen LogP contribution in [0, 0.1) is 11.6 Å². The molecule has 2 amide bonds. The highest BCUT2D eigenvalue weighted by molar-refractivity contribution is 6.33. The Morgan fingerprint density at radius 3 is 2.56 bits per heavy atom. The van der Waals surface area contributed by atoms with Crippen molar-refractivity contribution in [3.05, 3.63) is 28.8 Å². The van der Waals surface area contributed by atoms with Crippen molar-refractivity contribution >= 4 is 23.3 Å². The van der Waals surface area contributed by atoms with Crippen molar-refractivity contribution in [1.82, 2.24) is 5.32 Å². The van der Waals surface area contributed by atoms with Gasteiger partial charge >= 0.3 is 6.03 Å². The molecule has 18 heavy (non-hydrogen) atoms. The van der Waals surface area contributed by atoms with Gasteiger partial charge < -0.3 is 10.6 Å². The van der Waals surface area contributed by atoms with Crippen molar-refractivity contribution in [2.45, 2.75) is 31.7 Å². The lowest BCUT2D eigenvalue weighted by Crippen LogP contribution is -2.36. The van der Waals surface area contributed by atoms with E-state index in [1.54, 1.807) is 0 Å². The lowest BCUT2D eigenvalue weighted by molar-refractivity contribution is 0.248. The van der Waals surface area contributed by atoms with Crippen LogP contribution in [0.25, 0.3) is 0 Å². The topological polar surface area (TPSA) is 41.1 Å². The van der Waals surface area contributed by atoms with Crippen molar-refractivity contribution in [2.75, 3.05) is 5.32 Å². The maximum absolute atomic E-state index is 13.4. The molecule has 1 fully saturated rings. The number of urea groups is 1. The first kappa shape index (κ1) is 13.1. The molecule has 2 N–H and O–H groups in total. The van der Waals surface area contributed by atoms with E-state index in [2.05, 4.69) is 10.6 Å². The largest absolute Gasteiger partial charge is 0.335 e. The summed E-state index contributed by atoms with van der Waals surface area (Å²) in [4.78, 5) is 11.6. The third-order valence-corrected chi connectivity index (χ3v) is 3.23. The van der Waals surface area contributed by atoms with Crippen LogP contribution in [0.3, 0.4) is 0 Å². The zero-order valence-electron chi connectivity index (χ0n) is 9.60. The molecule has 1 aliphatic carbocycles. The summed E-state index contributed by atoms with van der Waals surface area (Å²) in [5.41, 5.74) is -0.200. The molecule has 98 valence electrons. The quantitative estimate of drug-likeness (QED) is 0.849. The lowest BCUT2D eigenvalue weighted by atomic mass is 10.2. The summed E-state index contributed by atoms with van der Waals surface area (Å²) in [5, 5.41) is 4.88. The molecule has 6 heteroatoms. The van der Waals surface area contributed by atoms with Crippen LogP contribution in [-0.2, 0) is 0 Å². The van der Waals surface area contributed by atoms with Gasteiger partial charge in [-0.3, -0.25) is 0 Å². The van der Waals surface area contributed by atoms with E-state index in [0.717, 1.165) is 31.7 Å². The molecule has 0 saturated heterocycles. The monoisotopic (exact) mass is 274 g/mol. The molecule has 0 aliphatic heterocycles. The number of halogens is 3. The van der Waals surface area contributed by atoms with Crippen molar-refractivity contribution < 1.29 is 13.6 Å². The van der Waals surface area contributed by atoms with Gasteiger partial charge in [-0.2, -0.15) is 0 Å². The SMILES string of the molecule is O=C(Nc1c(F)cc(F)cc1Cl)NC1CCCC1. The number of hydrogen-bond acceptors (Lipinski definition) is 1. The summed E-state index contributed by atoms with van der Waals surface area (Å²) >= 11 is 5.67. The van der Waals surface area contributed by atoms with Crippen LogP contribution in [0.5, 0.6) is 0 Å². The van der Waals surface area contributed by atoms with Gasteiger partial charge in [0.1, 0.15) is 5.82 Å². The maximum atomic E-state index is 13.4. The number of rotatable bonds is 2. The Hall–Kier alpha value is -1.36. The first-order valence-corrected chi connectivity index (χ1v) is 6.16. The Bertz CT molecular complexity index is 438. The van der Waals surface area contributed by atoms with E-state index in [4.69, 9.17) is 11.6 Å². The molecule has 0 radical (unpaired) electrons. The molecule has 1 aromatic rings. The fraction of sp³-hybridized carbons (Fsp3) is 0.417. The second-order valence-corrected chi connectivity index (χ2v) is 4.73. The van der Waals surface area contributed by atoms with Gasteiger partial charge in [0.25, 0.3) is 0 Å². The fourth-order valence-corrected chi connectivity index (χ4v) is 2.31. The van der Waals surface area contributed by atoms with Crippen LogP contribution >= 0.6 is 11.6 Å². The minimum atomic E-state index is -0.887. The van der Waals surface area contributed by atoms with Crippen LogP contribution in [0.15, 0.2) is 12.1 Å². The maximum Gasteiger partial charge on any atom is 0.319 e. The van der Waals surface area contributed by atoms with E-state index in [1.807, 2.05) is 0 Å². The predicted molar refractivity (Wildman–Crippen MR) is 65.8 cm³/mol. The number of nitrogens with one attached hydrogen (secondary N) is 2. The zero-order valence-corrected chi connectivity index (χ0v) is 10.4. The van der Waals surface area contributed by atoms with Gasteiger partial charge in [0.05, 0.1) is 10.7 Å². The van der Waals surface area contributed by atoms with E-state index in [-0.39, 0.29) is 16.8 Å². The van der Waals surface area contributed by atoms with Gasteiger partial charge in [0, 0.05) is 12.1 Å². The first-order valence-electron chi connectivity index (χ1n) is 5.78. The van der Waals surface area contributed by atoms with Crippen molar-refractivity contribution in [3.8, 4) is 0 Å². The number of anilines is 1. The van der Waals surface area contributed by atoms with Crippen molar-refractivity contribution in [1.29, 1.82) is 0 Å². The van der Waals surface area contributed by atoms with E-state index in [0.29, 0.717) is 6.07 Å². The minimum absolute atomic E-state index is 0.118. The number of carbonyl (C=O) groups is 1. The average Bonchev–Trinajstić information content (AvgIpc) is 2.76. The normalized spacial score (nSPS) is 15.7. The molecule has 1 saturated carbocycles. The van der Waals surface area contributed by atoms with E-state index in [9.17, 15) is 13.6 Å². The van der Waals surface area contributed by atoms with Gasteiger partial charge in [-0.15, -0.1) is 0 Å². The second kappa shape index (κ2) is 5.52. The van der Waals surface area contributed by atoms with Gasteiger partial charge in [-0.05, 0) is 18.9 Å². The minimum Gasteiger partial charge on any atom is -0.335 e. The van der Waals surface area contributed by atoms with E-state index in [1.165, 1.54) is 0 Å². The van der Waals surface area contributed by atoms with Crippen LogP contribution in [0.1, 0.15) is 25.7 Å². The van der Waals surface area contributed by atoms with E-state index >= 15 is 0 Å².